The Hall–Kier alpha value is -1.40. The number of alkyl halides is 1. The molecule has 2 N–H and O–H groups in total. The summed E-state index contributed by atoms with van der Waals surface area (Å²) in [5, 5.41) is 20.1. The zero-order valence-electron chi connectivity index (χ0n) is 15.9. The Labute approximate surface area is 183 Å². The minimum atomic E-state index is -0.956. The van der Waals surface area contributed by atoms with Gasteiger partial charge in [-0.3, -0.25) is 0 Å². The smallest absolute Gasteiger partial charge is 0.346 e. The third-order valence-corrected chi connectivity index (χ3v) is 7.97. The van der Waals surface area contributed by atoms with Gasteiger partial charge < -0.3 is 10.2 Å². The lowest BCUT2D eigenvalue weighted by Gasteiger charge is -2.20. The number of hydrogen-bond donors (Lipinski definition) is 2. The van der Waals surface area contributed by atoms with Crippen LogP contribution in [0, 0.1) is 24.6 Å². The van der Waals surface area contributed by atoms with E-state index >= 15 is 0 Å². The number of benzene rings is 1. The molecule has 0 bridgehead atoms. The third kappa shape index (κ3) is 5.21. The van der Waals surface area contributed by atoms with Crippen LogP contribution in [0.2, 0.25) is 5.02 Å². The van der Waals surface area contributed by atoms with Crippen molar-refractivity contribution in [2.75, 3.05) is 0 Å². The van der Waals surface area contributed by atoms with E-state index in [1.54, 1.807) is 13.0 Å². The topological polar surface area (TPSA) is 57.5 Å². The Balaban J connectivity index is 1.65. The molecule has 1 saturated carbocycles. The van der Waals surface area contributed by atoms with E-state index in [1.165, 1.54) is 23.5 Å². The van der Waals surface area contributed by atoms with Crippen LogP contribution in [-0.2, 0) is 6.42 Å². The molecule has 3 nitrogen and oxygen atoms in total. The number of carboxylic acid groups (broad SMARTS) is 1. The second-order valence-electron chi connectivity index (χ2n) is 7.47. The monoisotopic (exact) mass is 456 g/mol. The maximum absolute atomic E-state index is 13.4. The summed E-state index contributed by atoms with van der Waals surface area (Å²) in [5.74, 6) is -1.26. The van der Waals surface area contributed by atoms with Gasteiger partial charge in [0.1, 0.15) is 10.7 Å². The molecule has 156 valence electrons. The van der Waals surface area contributed by atoms with Crippen molar-refractivity contribution in [2.45, 2.75) is 44.1 Å². The highest BCUT2D eigenvalue weighted by molar-refractivity contribution is 7.14. The number of thiophene rings is 1. The molecule has 1 aromatic heterocycles. The molecule has 0 amide bonds. The zero-order chi connectivity index (χ0) is 21.1. The molecule has 1 heterocycles. The van der Waals surface area contributed by atoms with E-state index in [0.29, 0.717) is 23.4 Å². The molecular formula is C22H23Cl2FO3S. The van der Waals surface area contributed by atoms with E-state index in [9.17, 15) is 19.4 Å². The van der Waals surface area contributed by atoms with Crippen molar-refractivity contribution in [1.29, 1.82) is 0 Å². The number of carbonyl (C=O) groups is 1. The number of aliphatic hydroxyl groups excluding tert-OH is 1. The summed E-state index contributed by atoms with van der Waals surface area (Å²) in [4.78, 5) is 12.4. The summed E-state index contributed by atoms with van der Waals surface area (Å²) in [7, 11) is 0. The Bertz CT molecular complexity index is 911. The summed E-state index contributed by atoms with van der Waals surface area (Å²) in [6.45, 7) is 1.72. The predicted molar refractivity (Wildman–Crippen MR) is 117 cm³/mol. The minimum absolute atomic E-state index is 0.0928. The maximum Gasteiger partial charge on any atom is 0.346 e. The highest BCUT2D eigenvalue weighted by Crippen LogP contribution is 2.41. The molecule has 0 aliphatic heterocycles. The molecule has 3 rings (SSSR count). The molecule has 1 aliphatic carbocycles. The first-order valence-electron chi connectivity index (χ1n) is 9.55. The van der Waals surface area contributed by atoms with Gasteiger partial charge in [0.2, 0.25) is 0 Å². The normalized spacial score (nSPS) is 24.4. The summed E-state index contributed by atoms with van der Waals surface area (Å²) in [6, 6.07) is 6.31. The molecule has 7 heteroatoms. The number of hydrogen-bond acceptors (Lipinski definition) is 3. The van der Waals surface area contributed by atoms with E-state index in [4.69, 9.17) is 23.2 Å². The highest BCUT2D eigenvalue weighted by atomic mass is 35.5. The largest absolute Gasteiger partial charge is 0.477 e. The molecule has 1 aliphatic rings. The van der Waals surface area contributed by atoms with E-state index in [1.807, 2.05) is 18.2 Å². The van der Waals surface area contributed by atoms with Crippen molar-refractivity contribution >= 4 is 46.6 Å². The van der Waals surface area contributed by atoms with E-state index in [-0.39, 0.29) is 27.9 Å². The average molecular weight is 457 g/mol. The summed E-state index contributed by atoms with van der Waals surface area (Å²) >= 11 is 14.0. The van der Waals surface area contributed by atoms with Gasteiger partial charge >= 0.3 is 5.97 Å². The van der Waals surface area contributed by atoms with Crippen LogP contribution in [0.5, 0.6) is 0 Å². The fourth-order valence-electron chi connectivity index (χ4n) is 3.98. The SMILES string of the molecule is Cc1c(C(=O)O)sc(CCC[C@@H]2[C@@H](C=Cc3cccc(F)c3)[C@H](O)C[C@H]2Cl)c1Cl. The molecule has 2 aromatic rings. The van der Waals surface area contributed by atoms with Gasteiger partial charge in [-0.25, -0.2) is 9.18 Å². The first-order valence-corrected chi connectivity index (χ1v) is 11.2. The van der Waals surface area contributed by atoms with Crippen molar-refractivity contribution in [3.63, 3.8) is 0 Å². The van der Waals surface area contributed by atoms with Crippen LogP contribution in [0.25, 0.3) is 6.08 Å². The second-order valence-corrected chi connectivity index (χ2v) is 9.51. The van der Waals surface area contributed by atoms with Gasteiger partial charge in [-0.15, -0.1) is 22.9 Å². The van der Waals surface area contributed by atoms with Crippen LogP contribution in [0.4, 0.5) is 4.39 Å². The molecule has 0 unspecified atom stereocenters. The lowest BCUT2D eigenvalue weighted by Crippen LogP contribution is -2.18. The number of halogens is 3. The second kappa shape index (κ2) is 9.61. The lowest BCUT2D eigenvalue weighted by atomic mass is 9.89. The van der Waals surface area contributed by atoms with Crippen LogP contribution >= 0.6 is 34.5 Å². The number of rotatable bonds is 7. The number of aromatic carboxylic acids is 1. The Morgan fingerprint density at radius 2 is 2.17 bits per heavy atom. The van der Waals surface area contributed by atoms with Crippen LogP contribution in [0.15, 0.2) is 30.3 Å². The minimum Gasteiger partial charge on any atom is -0.477 e. The predicted octanol–water partition coefficient (Wildman–Crippen LogP) is 6.19. The first kappa shape index (κ1) is 22.3. The van der Waals surface area contributed by atoms with Crippen molar-refractivity contribution < 1.29 is 19.4 Å². The Morgan fingerprint density at radius 1 is 1.41 bits per heavy atom. The van der Waals surface area contributed by atoms with Crippen LogP contribution in [-0.4, -0.2) is 27.7 Å². The summed E-state index contributed by atoms with van der Waals surface area (Å²) in [5.41, 5.74) is 1.36. The van der Waals surface area contributed by atoms with Crippen molar-refractivity contribution in [3.05, 3.63) is 62.1 Å². The van der Waals surface area contributed by atoms with Crippen molar-refractivity contribution in [2.24, 2.45) is 11.8 Å². The van der Waals surface area contributed by atoms with Gasteiger partial charge in [-0.1, -0.05) is 35.9 Å². The molecule has 0 spiro atoms. The number of aryl methyl sites for hydroxylation is 1. The zero-order valence-corrected chi connectivity index (χ0v) is 18.3. The summed E-state index contributed by atoms with van der Waals surface area (Å²) < 4.78 is 13.4. The van der Waals surface area contributed by atoms with Crippen molar-refractivity contribution in [1.82, 2.24) is 0 Å². The highest BCUT2D eigenvalue weighted by Gasteiger charge is 2.39. The molecule has 1 aromatic carbocycles. The molecule has 0 radical (unpaired) electrons. The Kier molecular flexibility index (Phi) is 7.38. The van der Waals surface area contributed by atoms with Gasteiger partial charge in [0.05, 0.1) is 11.1 Å². The van der Waals surface area contributed by atoms with Gasteiger partial charge in [0.15, 0.2) is 0 Å². The lowest BCUT2D eigenvalue weighted by molar-refractivity contribution is 0.0701. The standard InChI is InChI=1S/C22H23Cl2FO3S/c1-12-20(24)19(29-21(12)22(27)28)7-3-6-15-16(18(26)11-17(15)23)9-8-13-4-2-5-14(25)10-13/h2,4-5,8-10,15-18,26H,3,6-7,11H2,1H3,(H,27,28)/t15-,16-,17-,18-/m1/s1. The van der Waals surface area contributed by atoms with E-state index < -0.39 is 12.1 Å². The molecule has 29 heavy (non-hydrogen) atoms. The van der Waals surface area contributed by atoms with Gasteiger partial charge in [-0.2, -0.15) is 0 Å². The molecule has 1 fully saturated rings. The average Bonchev–Trinajstić information content (AvgIpc) is 3.10. The first-order chi connectivity index (χ1) is 13.8. The van der Waals surface area contributed by atoms with Gasteiger partial charge in [0, 0.05) is 16.2 Å². The fraction of sp³-hybridized carbons (Fsp3) is 0.409. The summed E-state index contributed by atoms with van der Waals surface area (Å²) in [6.07, 6.45) is 6.01. The van der Waals surface area contributed by atoms with E-state index in [2.05, 4.69) is 0 Å². The molecule has 4 atom stereocenters. The van der Waals surface area contributed by atoms with Crippen LogP contribution in [0.1, 0.15) is 44.9 Å². The quantitative estimate of drug-likeness (QED) is 0.488. The van der Waals surface area contributed by atoms with E-state index in [0.717, 1.165) is 23.3 Å². The number of carboxylic acids is 1. The van der Waals surface area contributed by atoms with Crippen LogP contribution < -0.4 is 0 Å². The third-order valence-electron chi connectivity index (χ3n) is 5.50. The van der Waals surface area contributed by atoms with Gasteiger partial charge in [-0.05, 0) is 61.8 Å². The fourth-order valence-corrected chi connectivity index (χ4v) is 5.90. The van der Waals surface area contributed by atoms with Crippen molar-refractivity contribution in [3.8, 4) is 0 Å². The maximum atomic E-state index is 13.4. The van der Waals surface area contributed by atoms with Gasteiger partial charge in [0.25, 0.3) is 0 Å². The molecular weight excluding hydrogens is 434 g/mol. The molecule has 0 saturated heterocycles. The van der Waals surface area contributed by atoms with Crippen LogP contribution in [0.3, 0.4) is 0 Å². The number of aliphatic hydroxyl groups is 1. The Morgan fingerprint density at radius 3 is 2.83 bits per heavy atom.